The van der Waals surface area contributed by atoms with E-state index < -0.39 is 9.84 Å². The molecule has 0 saturated carbocycles. The molecule has 5 nitrogen and oxygen atoms in total. The minimum atomic E-state index is -3.15. The molecule has 6 heteroatoms. The van der Waals surface area contributed by atoms with Gasteiger partial charge < -0.3 is 9.30 Å². The van der Waals surface area contributed by atoms with Crippen LogP contribution in [0.4, 0.5) is 0 Å². The molecule has 21 heavy (non-hydrogen) atoms. The van der Waals surface area contributed by atoms with E-state index in [-0.39, 0.29) is 6.10 Å². The van der Waals surface area contributed by atoms with Crippen molar-refractivity contribution in [1.29, 1.82) is 0 Å². The minimum Gasteiger partial charge on any atom is -0.371 e. The third-order valence-electron chi connectivity index (χ3n) is 3.23. The highest BCUT2D eigenvalue weighted by Gasteiger charge is 2.12. The Morgan fingerprint density at radius 2 is 1.95 bits per heavy atom. The molecule has 2 aromatic rings. The summed E-state index contributed by atoms with van der Waals surface area (Å²) in [5.74, 6) is 0.865. The Balaban J connectivity index is 2.18. The van der Waals surface area contributed by atoms with Crippen LogP contribution >= 0.6 is 0 Å². The van der Waals surface area contributed by atoms with E-state index in [0.717, 1.165) is 11.4 Å². The van der Waals surface area contributed by atoms with Gasteiger partial charge in [-0.1, -0.05) is 12.1 Å². The zero-order valence-electron chi connectivity index (χ0n) is 12.5. The van der Waals surface area contributed by atoms with Gasteiger partial charge in [0.1, 0.15) is 11.9 Å². The van der Waals surface area contributed by atoms with E-state index in [2.05, 4.69) is 4.98 Å². The topological polar surface area (TPSA) is 61.2 Å². The fourth-order valence-corrected chi connectivity index (χ4v) is 2.81. The molecule has 0 aliphatic carbocycles. The normalized spacial score (nSPS) is 13.3. The third-order valence-corrected chi connectivity index (χ3v) is 4.36. The first kappa shape index (κ1) is 15.7. The van der Waals surface area contributed by atoms with Gasteiger partial charge in [0.2, 0.25) is 0 Å². The van der Waals surface area contributed by atoms with E-state index >= 15 is 0 Å². The quantitative estimate of drug-likeness (QED) is 0.822. The van der Waals surface area contributed by atoms with Crippen molar-refractivity contribution >= 4 is 9.84 Å². The number of ether oxygens (including phenoxy) is 1. The summed E-state index contributed by atoms with van der Waals surface area (Å²) >= 11 is 0. The Hall–Kier alpha value is -1.66. The second kappa shape index (κ2) is 6.41. The summed E-state index contributed by atoms with van der Waals surface area (Å²) in [4.78, 5) is 4.66. The van der Waals surface area contributed by atoms with Gasteiger partial charge in [-0.25, -0.2) is 13.4 Å². The molecule has 1 aromatic heterocycles. The Bertz CT molecular complexity index is 690. The highest BCUT2D eigenvalue weighted by molar-refractivity contribution is 7.90. The number of aromatic nitrogens is 2. The van der Waals surface area contributed by atoms with Gasteiger partial charge in [0.25, 0.3) is 0 Å². The molecule has 0 aliphatic heterocycles. The van der Waals surface area contributed by atoms with Crippen molar-refractivity contribution in [3.05, 3.63) is 48.0 Å². The summed E-state index contributed by atoms with van der Waals surface area (Å²) in [5.41, 5.74) is 1.02. The van der Waals surface area contributed by atoms with Crippen molar-refractivity contribution in [2.75, 3.05) is 12.9 Å². The molecule has 0 unspecified atom stereocenters. The average molecular weight is 308 g/mol. The van der Waals surface area contributed by atoms with Gasteiger partial charge in [-0.3, -0.25) is 0 Å². The van der Waals surface area contributed by atoms with Gasteiger partial charge in [0, 0.05) is 31.8 Å². The molecule has 0 radical (unpaired) electrons. The molecular weight excluding hydrogens is 288 g/mol. The number of rotatable bonds is 6. The van der Waals surface area contributed by atoms with Crippen LogP contribution < -0.4 is 0 Å². The summed E-state index contributed by atoms with van der Waals surface area (Å²) in [7, 11) is -3.15. The zero-order chi connectivity index (χ0) is 15.5. The lowest BCUT2D eigenvalue weighted by Crippen LogP contribution is -2.10. The summed E-state index contributed by atoms with van der Waals surface area (Å²) in [5, 5.41) is 0. The van der Waals surface area contributed by atoms with Crippen LogP contribution in [0.5, 0.6) is 0 Å². The van der Waals surface area contributed by atoms with Crippen molar-refractivity contribution < 1.29 is 13.2 Å². The van der Waals surface area contributed by atoms with Gasteiger partial charge in [-0.2, -0.15) is 0 Å². The van der Waals surface area contributed by atoms with E-state index in [1.54, 1.807) is 18.3 Å². The molecular formula is C15H20N2O3S. The first-order valence-corrected chi connectivity index (χ1v) is 8.72. The Morgan fingerprint density at radius 3 is 2.52 bits per heavy atom. The molecule has 114 valence electrons. The molecule has 0 bridgehead atoms. The molecule has 0 spiro atoms. The maximum absolute atomic E-state index is 11.4. The number of nitrogens with zero attached hydrogens (tertiary/aromatic N) is 2. The summed E-state index contributed by atoms with van der Waals surface area (Å²) < 4.78 is 30.5. The van der Waals surface area contributed by atoms with Crippen molar-refractivity contribution in [1.82, 2.24) is 9.55 Å². The Kier molecular flexibility index (Phi) is 4.80. The molecule has 0 aliphatic rings. The smallest absolute Gasteiger partial charge is 0.175 e. The molecule has 1 heterocycles. The molecule has 1 aromatic carbocycles. The summed E-state index contributed by atoms with van der Waals surface area (Å²) in [6.07, 6.45) is 4.78. The summed E-state index contributed by atoms with van der Waals surface area (Å²) in [6.45, 7) is 5.19. The highest BCUT2D eigenvalue weighted by atomic mass is 32.2. The number of imidazole rings is 1. The van der Waals surface area contributed by atoms with E-state index in [4.69, 9.17) is 4.74 Å². The van der Waals surface area contributed by atoms with Crippen molar-refractivity contribution in [3.63, 3.8) is 0 Å². The summed E-state index contributed by atoms with van der Waals surface area (Å²) in [6, 6.07) is 6.91. The fraction of sp³-hybridized carbons (Fsp3) is 0.400. The van der Waals surface area contributed by atoms with Gasteiger partial charge in [-0.15, -0.1) is 0 Å². The third kappa shape index (κ3) is 3.92. The van der Waals surface area contributed by atoms with Crippen LogP contribution in [-0.4, -0.2) is 30.8 Å². The zero-order valence-corrected chi connectivity index (χ0v) is 13.3. The number of hydrogen-bond donors (Lipinski definition) is 0. The maximum atomic E-state index is 11.4. The molecule has 2 rings (SSSR count). The van der Waals surface area contributed by atoms with Crippen LogP contribution in [0, 0.1) is 0 Å². The Labute approximate surface area is 125 Å². The number of sulfone groups is 1. The monoisotopic (exact) mass is 308 g/mol. The average Bonchev–Trinajstić information content (AvgIpc) is 2.87. The van der Waals surface area contributed by atoms with Crippen molar-refractivity contribution in [2.24, 2.45) is 0 Å². The van der Waals surface area contributed by atoms with Crippen molar-refractivity contribution in [3.8, 4) is 0 Å². The van der Waals surface area contributed by atoms with Crippen LogP contribution in [0.2, 0.25) is 0 Å². The van der Waals surface area contributed by atoms with Gasteiger partial charge in [0.05, 0.1) is 4.90 Å². The van der Waals surface area contributed by atoms with E-state index in [1.807, 2.05) is 36.7 Å². The van der Waals surface area contributed by atoms with Crippen LogP contribution in [0.15, 0.2) is 41.6 Å². The SMILES string of the molecule is CCO[C@H](C)c1nccn1Cc1ccc(S(C)(=O)=O)cc1. The molecule has 1 atom stereocenters. The number of benzene rings is 1. The van der Waals surface area contributed by atoms with Crippen LogP contribution in [0.3, 0.4) is 0 Å². The highest BCUT2D eigenvalue weighted by Crippen LogP contribution is 2.17. The van der Waals surface area contributed by atoms with Gasteiger partial charge >= 0.3 is 0 Å². The first-order valence-electron chi connectivity index (χ1n) is 6.83. The molecule has 0 N–H and O–H groups in total. The maximum Gasteiger partial charge on any atom is 0.175 e. The van der Waals surface area contributed by atoms with E-state index in [1.165, 1.54) is 6.26 Å². The van der Waals surface area contributed by atoms with Gasteiger partial charge in [-0.05, 0) is 31.5 Å². The second-order valence-electron chi connectivity index (χ2n) is 4.93. The predicted molar refractivity (Wildman–Crippen MR) is 80.9 cm³/mol. The van der Waals surface area contributed by atoms with Crippen LogP contribution in [0.1, 0.15) is 31.3 Å². The van der Waals surface area contributed by atoms with Crippen LogP contribution in [0.25, 0.3) is 0 Å². The fourth-order valence-electron chi connectivity index (χ4n) is 2.18. The van der Waals surface area contributed by atoms with Crippen LogP contribution in [-0.2, 0) is 21.1 Å². The van der Waals surface area contributed by atoms with E-state index in [9.17, 15) is 8.42 Å². The lowest BCUT2D eigenvalue weighted by atomic mass is 10.2. The second-order valence-corrected chi connectivity index (χ2v) is 6.94. The van der Waals surface area contributed by atoms with Crippen molar-refractivity contribution in [2.45, 2.75) is 31.4 Å². The lowest BCUT2D eigenvalue weighted by molar-refractivity contribution is 0.0677. The first-order chi connectivity index (χ1) is 9.91. The molecule has 0 saturated heterocycles. The van der Waals surface area contributed by atoms with E-state index in [0.29, 0.717) is 18.0 Å². The molecule has 0 fully saturated rings. The minimum absolute atomic E-state index is 0.0692. The Morgan fingerprint density at radius 1 is 1.29 bits per heavy atom. The number of hydrogen-bond acceptors (Lipinski definition) is 4. The standard InChI is InChI=1S/C15H20N2O3S/c1-4-20-12(2)15-16-9-10-17(15)11-13-5-7-14(8-6-13)21(3,18)19/h5-10,12H,4,11H2,1-3H3/t12-/m1/s1. The van der Waals surface area contributed by atoms with Gasteiger partial charge in [0.15, 0.2) is 9.84 Å². The molecule has 0 amide bonds. The predicted octanol–water partition coefficient (Wildman–Crippen LogP) is 2.43. The largest absolute Gasteiger partial charge is 0.371 e. The lowest BCUT2D eigenvalue weighted by Gasteiger charge is -2.14.